The lowest BCUT2D eigenvalue weighted by atomic mass is 9.83. The maximum atomic E-state index is 12.7. The summed E-state index contributed by atoms with van der Waals surface area (Å²) in [5.41, 5.74) is 6.74. The Morgan fingerprint density at radius 1 is 0.597 bits per heavy atom. The van der Waals surface area contributed by atoms with Crippen LogP contribution < -0.4 is 0 Å². The largest absolute Gasteiger partial charge is 0.507 e. The highest BCUT2D eigenvalue weighted by Crippen LogP contribution is 2.46. The van der Waals surface area contributed by atoms with E-state index in [1.807, 2.05) is 116 Å². The molecule has 4 heteroatoms. The molecule has 0 bridgehead atoms. The number of rotatable bonds is 9. The Balaban J connectivity index is 1.44. The van der Waals surface area contributed by atoms with Crippen molar-refractivity contribution in [2.45, 2.75) is 98.7 Å². The standard InChI is InChI=1S/C63H63N3O/c1-39(2)46-35-52(40(3)4)60(67)55(36-46)61-65-59-51(47-32-48(34-50(33-47)63(9,10)11)56-37-45(29-30-64-56)42-19-14-12-15-20-42)23-18-24-57(59)66(61)58-38-53(43-21-16-13-17-22-43)41(5)31-54(58)44-25-27-49(28-26-44)62(6,7)8/h12-40,67H,1-11H3/i5D3,12D,14D,15D,19D,20D,29D,30D,37D,39D,40D. The topological polar surface area (TPSA) is 50.9 Å². The molecule has 0 aliphatic heterocycles. The first kappa shape index (κ1) is 31.8. The minimum Gasteiger partial charge on any atom is -0.507 e. The lowest BCUT2D eigenvalue weighted by Gasteiger charge is -2.22. The number of nitrogens with zero attached hydrogens (tertiary/aromatic N) is 3. The van der Waals surface area contributed by atoms with E-state index in [1.165, 1.54) is 0 Å². The van der Waals surface area contributed by atoms with Crippen LogP contribution in [0.5, 0.6) is 5.75 Å². The van der Waals surface area contributed by atoms with E-state index < -0.39 is 72.5 Å². The summed E-state index contributed by atoms with van der Waals surface area (Å²) in [6.07, 6.45) is -0.567. The third-order valence-electron chi connectivity index (χ3n) is 12.4. The van der Waals surface area contributed by atoms with Gasteiger partial charge in [-0.3, -0.25) is 9.55 Å². The first-order valence-electron chi connectivity index (χ1n) is 29.1. The molecular weight excluding hydrogens is 815 g/mol. The number of pyridine rings is 1. The van der Waals surface area contributed by atoms with Gasteiger partial charge in [-0.05, 0) is 139 Å². The Morgan fingerprint density at radius 3 is 1.97 bits per heavy atom. The smallest absolute Gasteiger partial charge is 0.149 e. The predicted molar refractivity (Wildman–Crippen MR) is 283 cm³/mol. The molecule has 2 aromatic heterocycles. The molecule has 0 amide bonds. The van der Waals surface area contributed by atoms with Gasteiger partial charge in [-0.1, -0.05) is 178 Å². The predicted octanol–water partition coefficient (Wildman–Crippen LogP) is 17.3. The molecule has 7 aromatic carbocycles. The number of hydrogen-bond donors (Lipinski definition) is 1. The van der Waals surface area contributed by atoms with Crippen LogP contribution in [0.25, 0.3) is 83.9 Å². The van der Waals surface area contributed by atoms with E-state index in [2.05, 4.69) is 25.8 Å². The van der Waals surface area contributed by atoms with Gasteiger partial charge in [0.1, 0.15) is 11.6 Å². The molecule has 0 atom stereocenters. The molecule has 1 N–H and O–H groups in total. The van der Waals surface area contributed by atoms with Crippen molar-refractivity contribution >= 4 is 11.0 Å². The fraction of sp³-hybridized carbons (Fsp3) is 0.238. The van der Waals surface area contributed by atoms with Gasteiger partial charge in [0.15, 0.2) is 0 Å². The number of phenolic OH excluding ortho intramolecular Hbond substituents is 1. The van der Waals surface area contributed by atoms with Crippen LogP contribution in [0.4, 0.5) is 0 Å². The second-order valence-electron chi connectivity index (χ2n) is 19.7. The summed E-state index contributed by atoms with van der Waals surface area (Å²) in [6.45, 7) is 16.6. The van der Waals surface area contributed by atoms with E-state index in [-0.39, 0.29) is 50.5 Å². The van der Waals surface area contributed by atoms with E-state index >= 15 is 0 Å². The number of benzene rings is 7. The number of aromatic hydroxyl groups is 1. The third kappa shape index (κ3) is 8.86. The molecule has 2 heterocycles. The highest BCUT2D eigenvalue weighted by Gasteiger charge is 2.27. The normalized spacial score (nSPS) is 15.4. The van der Waals surface area contributed by atoms with Crippen molar-refractivity contribution in [1.82, 2.24) is 14.5 Å². The van der Waals surface area contributed by atoms with Gasteiger partial charge < -0.3 is 5.11 Å². The summed E-state index contributed by atoms with van der Waals surface area (Å²) < 4.78 is 117. The van der Waals surface area contributed by atoms with Crippen LogP contribution in [0, 0.1) is 6.85 Å². The zero-order chi connectivity index (χ0) is 58.7. The van der Waals surface area contributed by atoms with Crippen LogP contribution in [0.1, 0.15) is 127 Å². The zero-order valence-corrected chi connectivity index (χ0v) is 39.8. The van der Waals surface area contributed by atoms with Gasteiger partial charge in [-0.2, -0.15) is 0 Å². The highest BCUT2D eigenvalue weighted by atomic mass is 16.3. The quantitative estimate of drug-likeness (QED) is 0.157. The molecule has 336 valence electrons. The minimum atomic E-state index is -2.57. The molecule has 9 aromatic rings. The van der Waals surface area contributed by atoms with E-state index in [4.69, 9.17) is 18.7 Å². The van der Waals surface area contributed by atoms with Crippen LogP contribution in [-0.4, -0.2) is 19.6 Å². The van der Waals surface area contributed by atoms with Crippen LogP contribution in [-0.2, 0) is 10.8 Å². The summed E-state index contributed by atoms with van der Waals surface area (Å²) in [7, 11) is 0. The SMILES string of the molecule is [2H]c1nc(-c2cc(-c3cccc4c3nc(-c3cc(C([2H])(C)C)cc(C([2H])(C)C)c3O)n4-c3cc(-c4ccccc4)c(C([2H])([2H])[2H])cc3-c3ccc(C(C)(C)C)cc3)cc(C(C)(C)C)c2)c([2H])c(-c2c([2H])c([2H])c([2H])c([2H])c2[2H])c1[2H]. The summed E-state index contributed by atoms with van der Waals surface area (Å²) in [4.78, 5) is 9.97. The Labute approximate surface area is 416 Å². The van der Waals surface area contributed by atoms with Gasteiger partial charge in [0.2, 0.25) is 0 Å². The Hall–Kier alpha value is -7.04. The molecule has 0 radical (unpaired) electrons. The van der Waals surface area contributed by atoms with Crippen molar-refractivity contribution in [2.24, 2.45) is 0 Å². The van der Waals surface area contributed by atoms with Crippen molar-refractivity contribution in [1.29, 1.82) is 0 Å². The van der Waals surface area contributed by atoms with Gasteiger partial charge in [0.25, 0.3) is 0 Å². The Morgan fingerprint density at radius 2 is 1.30 bits per heavy atom. The third-order valence-corrected chi connectivity index (χ3v) is 12.4. The van der Waals surface area contributed by atoms with Crippen LogP contribution >= 0.6 is 0 Å². The first-order chi connectivity index (χ1) is 37.1. The lowest BCUT2D eigenvalue weighted by molar-refractivity contribution is 0.466. The first-order valence-corrected chi connectivity index (χ1v) is 22.6. The van der Waals surface area contributed by atoms with Crippen molar-refractivity contribution in [3.05, 3.63) is 192 Å². The summed E-state index contributed by atoms with van der Waals surface area (Å²) in [5, 5.41) is 12.7. The van der Waals surface area contributed by atoms with E-state index in [1.54, 1.807) is 52.0 Å². The molecule has 0 saturated heterocycles. The zero-order valence-electron chi connectivity index (χ0n) is 52.8. The minimum absolute atomic E-state index is 0.0613. The fourth-order valence-electron chi connectivity index (χ4n) is 8.55. The number of imidazole rings is 1. The molecule has 0 saturated carbocycles. The Bertz CT molecular complexity index is 3920. The van der Waals surface area contributed by atoms with Crippen LogP contribution in [0.3, 0.4) is 0 Å². The molecular formula is C63H63N3O. The van der Waals surface area contributed by atoms with E-state index in [9.17, 15) is 9.22 Å². The van der Waals surface area contributed by atoms with Crippen LogP contribution in [0.2, 0.25) is 0 Å². The molecule has 4 nitrogen and oxygen atoms in total. The van der Waals surface area contributed by atoms with E-state index in [0.717, 1.165) is 11.1 Å². The number of hydrogen-bond acceptors (Lipinski definition) is 3. The van der Waals surface area contributed by atoms with Crippen molar-refractivity contribution in [3.8, 4) is 78.6 Å². The second kappa shape index (κ2) is 17.6. The van der Waals surface area contributed by atoms with Gasteiger partial charge in [-0.15, -0.1) is 0 Å². The average molecular weight is 891 g/mol. The fourth-order valence-corrected chi connectivity index (χ4v) is 8.55. The molecule has 0 spiro atoms. The monoisotopic (exact) mass is 891 g/mol. The maximum Gasteiger partial charge on any atom is 0.149 e. The van der Waals surface area contributed by atoms with Crippen molar-refractivity contribution in [3.63, 3.8) is 0 Å². The molecule has 67 heavy (non-hydrogen) atoms. The van der Waals surface area contributed by atoms with Gasteiger partial charge in [0, 0.05) is 29.7 Å². The number of aromatic nitrogens is 3. The van der Waals surface area contributed by atoms with Gasteiger partial charge >= 0.3 is 0 Å². The molecule has 0 aliphatic rings. The van der Waals surface area contributed by atoms with Gasteiger partial charge in [-0.25, -0.2) is 4.98 Å². The van der Waals surface area contributed by atoms with Crippen molar-refractivity contribution in [2.75, 3.05) is 0 Å². The average Bonchev–Trinajstić information content (AvgIpc) is 3.77. The lowest BCUT2D eigenvalue weighted by Crippen LogP contribution is -2.11. The van der Waals surface area contributed by atoms with Crippen molar-refractivity contribution < 1.29 is 22.9 Å². The van der Waals surface area contributed by atoms with Gasteiger partial charge in [0.05, 0.1) is 38.9 Å². The molecule has 0 aliphatic carbocycles. The number of para-hydroxylation sites is 1. The summed E-state index contributed by atoms with van der Waals surface area (Å²) in [5.74, 6) is -2.55. The number of phenols is 1. The second-order valence-corrected chi connectivity index (χ2v) is 19.7. The van der Waals surface area contributed by atoms with Crippen LogP contribution in [0.15, 0.2) is 164 Å². The highest BCUT2D eigenvalue weighted by molar-refractivity contribution is 5.98. The summed E-state index contributed by atoms with van der Waals surface area (Å²) in [6, 6.07) is 31.3. The summed E-state index contributed by atoms with van der Waals surface area (Å²) >= 11 is 0. The van der Waals surface area contributed by atoms with E-state index in [0.29, 0.717) is 61.2 Å². The molecule has 9 rings (SSSR count). The Kier molecular flexibility index (Phi) is 8.37. The molecule has 0 fully saturated rings. The maximum absolute atomic E-state index is 12.7. The molecule has 0 unspecified atom stereocenters. The number of aryl methyl sites for hydroxylation is 1. The number of fused-ring (bicyclic) bond motifs is 1.